The molecule has 2 aromatic carbocycles. The van der Waals surface area contributed by atoms with Gasteiger partial charge in [0, 0.05) is 16.3 Å². The van der Waals surface area contributed by atoms with Crippen LogP contribution in [0.2, 0.25) is 0 Å². The number of rotatable bonds is 5. The molecular weight excluding hydrogens is 345 g/mol. The maximum Gasteiger partial charge on any atom is 0.139 e. The molecule has 0 fully saturated rings. The van der Waals surface area contributed by atoms with E-state index in [0.717, 1.165) is 9.10 Å². The van der Waals surface area contributed by atoms with Gasteiger partial charge in [0.05, 0.1) is 9.09 Å². The Kier molecular flexibility index (Phi) is 5.43. The molecule has 0 atom stereocenters. The van der Waals surface area contributed by atoms with Crippen LogP contribution in [0.4, 0.5) is 4.39 Å². The Balaban J connectivity index is 1.95. The van der Waals surface area contributed by atoms with Crippen molar-refractivity contribution in [1.29, 1.82) is 0 Å². The molecule has 1 nitrogen and oxygen atoms in total. The van der Waals surface area contributed by atoms with Crippen molar-refractivity contribution in [3.63, 3.8) is 0 Å². The molecule has 0 aliphatic rings. The second-order valence-electron chi connectivity index (χ2n) is 4.91. The van der Waals surface area contributed by atoms with Gasteiger partial charge in [0.25, 0.3) is 0 Å². The molecule has 1 aromatic heterocycles. The van der Waals surface area contributed by atoms with Gasteiger partial charge in [-0.2, -0.15) is 0 Å². The highest BCUT2D eigenvalue weighted by molar-refractivity contribution is 8.01. The highest BCUT2D eigenvalue weighted by atomic mass is 32.2. The molecular formula is C18H16FNS3. The summed E-state index contributed by atoms with van der Waals surface area (Å²) in [6.45, 7) is 0.247. The lowest BCUT2D eigenvalue weighted by Crippen LogP contribution is -1.94. The van der Waals surface area contributed by atoms with E-state index in [1.807, 2.05) is 18.2 Å². The smallest absolute Gasteiger partial charge is 0.139 e. The Morgan fingerprint density at radius 1 is 1.00 bits per heavy atom. The number of thiophene rings is 1. The Labute approximate surface area is 148 Å². The molecule has 0 unspecified atom stereocenters. The normalized spacial score (nSPS) is 10.9. The van der Waals surface area contributed by atoms with Gasteiger partial charge in [-0.05, 0) is 41.6 Å². The van der Waals surface area contributed by atoms with Gasteiger partial charge in [-0.15, -0.1) is 23.1 Å². The number of benzene rings is 2. The summed E-state index contributed by atoms with van der Waals surface area (Å²) in [6, 6.07) is 18.3. The fraction of sp³-hybridized carbons (Fsp3) is 0.111. The molecule has 5 heteroatoms. The van der Waals surface area contributed by atoms with E-state index in [0.29, 0.717) is 4.88 Å². The van der Waals surface area contributed by atoms with Gasteiger partial charge in [-0.25, -0.2) is 4.39 Å². The molecule has 118 valence electrons. The number of nitrogens with two attached hydrogens (primary N) is 1. The summed E-state index contributed by atoms with van der Waals surface area (Å²) in [5.41, 5.74) is 7.92. The van der Waals surface area contributed by atoms with Gasteiger partial charge in [0.15, 0.2) is 0 Å². The fourth-order valence-electron chi connectivity index (χ4n) is 2.24. The molecule has 0 saturated carbocycles. The second kappa shape index (κ2) is 7.53. The van der Waals surface area contributed by atoms with Crippen LogP contribution >= 0.6 is 34.9 Å². The van der Waals surface area contributed by atoms with Crippen molar-refractivity contribution in [2.24, 2.45) is 5.73 Å². The third-order valence-corrected chi connectivity index (χ3v) is 6.29. The lowest BCUT2D eigenvalue weighted by Gasteiger charge is -2.08. The molecule has 0 amide bonds. The van der Waals surface area contributed by atoms with E-state index in [4.69, 9.17) is 5.73 Å². The van der Waals surface area contributed by atoms with Crippen molar-refractivity contribution in [1.82, 2.24) is 0 Å². The molecule has 3 rings (SSSR count). The number of halogens is 1. The van der Waals surface area contributed by atoms with Crippen LogP contribution in [-0.2, 0) is 6.54 Å². The van der Waals surface area contributed by atoms with Crippen molar-refractivity contribution in [3.8, 4) is 11.1 Å². The minimum Gasteiger partial charge on any atom is -0.326 e. The Bertz CT molecular complexity index is 799. The summed E-state index contributed by atoms with van der Waals surface area (Å²) in [6.07, 6.45) is 2.07. The predicted molar refractivity (Wildman–Crippen MR) is 100.0 cm³/mol. The SMILES string of the molecule is CSc1cc(Sc2cc(F)c(CN)s2)cc(-c2ccccc2)c1. The van der Waals surface area contributed by atoms with E-state index in [1.165, 1.54) is 27.4 Å². The van der Waals surface area contributed by atoms with Crippen LogP contribution in [0.25, 0.3) is 11.1 Å². The zero-order valence-electron chi connectivity index (χ0n) is 12.6. The first kappa shape index (κ1) is 16.6. The minimum atomic E-state index is -0.204. The van der Waals surface area contributed by atoms with Gasteiger partial charge in [0.2, 0.25) is 0 Å². The van der Waals surface area contributed by atoms with Crippen molar-refractivity contribution in [3.05, 3.63) is 65.3 Å². The molecule has 1 heterocycles. The highest BCUT2D eigenvalue weighted by Crippen LogP contribution is 2.38. The first-order valence-electron chi connectivity index (χ1n) is 7.10. The first-order chi connectivity index (χ1) is 11.2. The molecule has 0 aliphatic heterocycles. The van der Waals surface area contributed by atoms with E-state index >= 15 is 0 Å². The van der Waals surface area contributed by atoms with Gasteiger partial charge in [-0.3, -0.25) is 0 Å². The lowest BCUT2D eigenvalue weighted by atomic mass is 10.1. The zero-order valence-corrected chi connectivity index (χ0v) is 15.0. The van der Waals surface area contributed by atoms with E-state index < -0.39 is 0 Å². The third kappa shape index (κ3) is 3.98. The van der Waals surface area contributed by atoms with Crippen LogP contribution in [-0.4, -0.2) is 6.26 Å². The molecule has 23 heavy (non-hydrogen) atoms. The summed E-state index contributed by atoms with van der Waals surface area (Å²) in [5, 5.41) is 0. The molecule has 0 saturated heterocycles. The molecule has 0 radical (unpaired) electrons. The standard InChI is InChI=1S/C18H16FNS3/c1-21-14-7-13(12-5-3-2-4-6-12)8-15(9-14)22-18-10-16(19)17(11-20)23-18/h2-10H,11,20H2,1H3. The maximum atomic E-state index is 13.7. The molecule has 0 aliphatic carbocycles. The number of hydrogen-bond acceptors (Lipinski definition) is 4. The van der Waals surface area contributed by atoms with Gasteiger partial charge < -0.3 is 5.73 Å². The third-order valence-electron chi connectivity index (χ3n) is 3.36. The highest BCUT2D eigenvalue weighted by Gasteiger charge is 2.10. The van der Waals surface area contributed by atoms with E-state index in [9.17, 15) is 4.39 Å². The van der Waals surface area contributed by atoms with Crippen molar-refractivity contribution in [2.45, 2.75) is 20.5 Å². The van der Waals surface area contributed by atoms with Crippen LogP contribution in [0.3, 0.4) is 0 Å². The maximum absolute atomic E-state index is 13.7. The average Bonchev–Trinajstić information content (AvgIpc) is 2.94. The largest absolute Gasteiger partial charge is 0.326 e. The number of thioether (sulfide) groups is 1. The summed E-state index contributed by atoms with van der Waals surface area (Å²) >= 11 is 4.72. The topological polar surface area (TPSA) is 26.0 Å². The zero-order chi connectivity index (χ0) is 16.2. The fourth-order valence-corrected chi connectivity index (χ4v) is 4.97. The van der Waals surface area contributed by atoms with Crippen LogP contribution in [0.1, 0.15) is 4.88 Å². The average molecular weight is 362 g/mol. The van der Waals surface area contributed by atoms with Crippen LogP contribution in [0, 0.1) is 5.82 Å². The Morgan fingerprint density at radius 2 is 1.74 bits per heavy atom. The first-order valence-corrected chi connectivity index (χ1v) is 9.96. The van der Waals surface area contributed by atoms with Crippen LogP contribution in [0.15, 0.2) is 68.6 Å². The van der Waals surface area contributed by atoms with Crippen LogP contribution < -0.4 is 5.73 Å². The van der Waals surface area contributed by atoms with Crippen molar-refractivity contribution >= 4 is 34.9 Å². The summed E-state index contributed by atoms with van der Waals surface area (Å²) in [5.74, 6) is -0.204. The second-order valence-corrected chi connectivity index (χ2v) is 8.30. The Hall–Kier alpha value is -1.27. The van der Waals surface area contributed by atoms with E-state index in [1.54, 1.807) is 29.6 Å². The molecule has 0 bridgehead atoms. The monoisotopic (exact) mass is 361 g/mol. The summed E-state index contributed by atoms with van der Waals surface area (Å²) < 4.78 is 14.6. The number of hydrogen-bond donors (Lipinski definition) is 1. The molecule has 0 spiro atoms. The summed E-state index contributed by atoms with van der Waals surface area (Å²) in [4.78, 5) is 2.92. The molecule has 3 aromatic rings. The minimum absolute atomic E-state index is 0.204. The van der Waals surface area contributed by atoms with Crippen molar-refractivity contribution < 1.29 is 4.39 Å². The van der Waals surface area contributed by atoms with Crippen molar-refractivity contribution in [2.75, 3.05) is 6.26 Å². The van der Waals surface area contributed by atoms with Gasteiger partial charge in [0.1, 0.15) is 5.82 Å². The summed E-state index contributed by atoms with van der Waals surface area (Å²) in [7, 11) is 0. The van der Waals surface area contributed by atoms with Crippen LogP contribution in [0.5, 0.6) is 0 Å². The van der Waals surface area contributed by atoms with Gasteiger partial charge >= 0.3 is 0 Å². The molecule has 2 N–H and O–H groups in total. The Morgan fingerprint density at radius 3 is 2.39 bits per heavy atom. The van der Waals surface area contributed by atoms with E-state index in [-0.39, 0.29) is 12.4 Å². The quantitative estimate of drug-likeness (QED) is 0.574. The predicted octanol–water partition coefficient (Wildman–Crippen LogP) is 5.89. The van der Waals surface area contributed by atoms with E-state index in [2.05, 4.69) is 36.6 Å². The lowest BCUT2D eigenvalue weighted by molar-refractivity contribution is 0.617. The van der Waals surface area contributed by atoms with Gasteiger partial charge in [-0.1, -0.05) is 42.1 Å².